The van der Waals surface area contributed by atoms with Gasteiger partial charge in [-0.05, 0) is 12.5 Å². The number of aromatic nitrogens is 1. The molecule has 1 saturated heterocycles. The third kappa shape index (κ3) is 2.08. The molecule has 0 radical (unpaired) electrons. The van der Waals surface area contributed by atoms with Crippen molar-refractivity contribution in [1.29, 1.82) is 0 Å². The molecular formula is C16H19NO2. The highest BCUT2D eigenvalue weighted by Gasteiger charge is 2.23. The number of hydrogen-bond acceptors (Lipinski definition) is 2. The van der Waals surface area contributed by atoms with Gasteiger partial charge in [0.15, 0.2) is 5.78 Å². The third-order valence-electron chi connectivity index (χ3n) is 3.83. The fourth-order valence-electron chi connectivity index (χ4n) is 2.76. The van der Waals surface area contributed by atoms with Crippen LogP contribution in [0.25, 0.3) is 10.9 Å². The van der Waals surface area contributed by atoms with Crippen LogP contribution in [0.5, 0.6) is 0 Å². The van der Waals surface area contributed by atoms with Gasteiger partial charge < -0.3 is 9.30 Å². The number of Topliss-reactive ketones (excluding diaryl/α,β-unsaturated/α-hetero) is 1. The Morgan fingerprint density at radius 3 is 2.84 bits per heavy atom. The zero-order valence-electron chi connectivity index (χ0n) is 11.4. The van der Waals surface area contributed by atoms with Gasteiger partial charge in [0.05, 0.1) is 12.6 Å². The van der Waals surface area contributed by atoms with Gasteiger partial charge in [0, 0.05) is 35.2 Å². The second-order valence-electron chi connectivity index (χ2n) is 5.50. The van der Waals surface area contributed by atoms with Gasteiger partial charge in [0.25, 0.3) is 0 Å². The molecule has 2 aromatic rings. The highest BCUT2D eigenvalue weighted by Crippen LogP contribution is 2.29. The number of rotatable bonds is 3. The van der Waals surface area contributed by atoms with Crippen molar-refractivity contribution in [1.82, 2.24) is 4.57 Å². The summed E-state index contributed by atoms with van der Waals surface area (Å²) < 4.78 is 7.69. The largest absolute Gasteiger partial charge is 0.379 e. The van der Waals surface area contributed by atoms with E-state index in [2.05, 4.69) is 10.6 Å². The molecule has 1 aliphatic heterocycles. The molecule has 3 rings (SSSR count). The first-order valence-electron chi connectivity index (χ1n) is 6.90. The molecule has 0 bridgehead atoms. The Balaban J connectivity index is 2.15. The van der Waals surface area contributed by atoms with Crippen molar-refractivity contribution in [3.05, 3.63) is 36.0 Å². The van der Waals surface area contributed by atoms with E-state index in [4.69, 9.17) is 4.74 Å². The lowest BCUT2D eigenvalue weighted by molar-refractivity contribution is 0.0940. The summed E-state index contributed by atoms with van der Waals surface area (Å²) in [4.78, 5) is 12.3. The van der Waals surface area contributed by atoms with Crippen LogP contribution >= 0.6 is 0 Å². The summed E-state index contributed by atoms with van der Waals surface area (Å²) >= 11 is 0. The Labute approximate surface area is 113 Å². The lowest BCUT2D eigenvalue weighted by Crippen LogP contribution is -2.09. The summed E-state index contributed by atoms with van der Waals surface area (Å²) in [7, 11) is 0. The zero-order valence-corrected chi connectivity index (χ0v) is 11.4. The molecule has 19 heavy (non-hydrogen) atoms. The Hall–Kier alpha value is -1.61. The molecule has 1 aromatic carbocycles. The molecular weight excluding hydrogens is 238 g/mol. The first kappa shape index (κ1) is 12.4. The van der Waals surface area contributed by atoms with Crippen LogP contribution in [-0.4, -0.2) is 23.6 Å². The second-order valence-corrected chi connectivity index (χ2v) is 5.50. The van der Waals surface area contributed by atoms with Crippen LogP contribution in [0.15, 0.2) is 30.5 Å². The number of carbonyl (C=O) groups is 1. The van der Waals surface area contributed by atoms with Gasteiger partial charge in [-0.25, -0.2) is 0 Å². The highest BCUT2D eigenvalue weighted by atomic mass is 16.5. The SMILES string of the molecule is CC(C)C(=O)c1cn([C@H]2CCOC2)c2ccccc12. The molecule has 1 aromatic heterocycles. The number of para-hydroxylation sites is 1. The Bertz CT molecular complexity index is 606. The lowest BCUT2D eigenvalue weighted by atomic mass is 10.0. The van der Waals surface area contributed by atoms with Gasteiger partial charge in [0.2, 0.25) is 0 Å². The van der Waals surface area contributed by atoms with Gasteiger partial charge in [0.1, 0.15) is 0 Å². The number of benzene rings is 1. The number of hydrogen-bond donors (Lipinski definition) is 0. The van der Waals surface area contributed by atoms with E-state index in [0.29, 0.717) is 6.04 Å². The van der Waals surface area contributed by atoms with Crippen LogP contribution in [0.2, 0.25) is 0 Å². The number of nitrogens with zero attached hydrogens (tertiary/aromatic N) is 1. The van der Waals surface area contributed by atoms with Crippen LogP contribution in [0.1, 0.15) is 36.7 Å². The highest BCUT2D eigenvalue weighted by molar-refractivity contribution is 6.08. The number of carbonyl (C=O) groups excluding carboxylic acids is 1. The summed E-state index contributed by atoms with van der Waals surface area (Å²) in [5.41, 5.74) is 1.99. The van der Waals surface area contributed by atoms with E-state index in [1.54, 1.807) is 0 Å². The molecule has 1 atom stereocenters. The minimum atomic E-state index is 0.0269. The van der Waals surface area contributed by atoms with Crippen molar-refractivity contribution in [2.45, 2.75) is 26.3 Å². The van der Waals surface area contributed by atoms with Crippen molar-refractivity contribution >= 4 is 16.7 Å². The minimum absolute atomic E-state index is 0.0269. The Morgan fingerprint density at radius 1 is 1.37 bits per heavy atom. The van der Waals surface area contributed by atoms with Crippen LogP contribution in [0.3, 0.4) is 0 Å². The van der Waals surface area contributed by atoms with Crippen molar-refractivity contribution in [3.8, 4) is 0 Å². The maximum absolute atomic E-state index is 12.3. The van der Waals surface area contributed by atoms with Crippen LogP contribution in [0.4, 0.5) is 0 Å². The van der Waals surface area contributed by atoms with E-state index in [9.17, 15) is 4.79 Å². The Kier molecular flexibility index (Phi) is 3.15. The average Bonchev–Trinajstić information content (AvgIpc) is 3.04. The maximum atomic E-state index is 12.3. The molecule has 2 heterocycles. The molecule has 1 aliphatic rings. The predicted molar refractivity (Wildman–Crippen MR) is 75.6 cm³/mol. The van der Waals surface area contributed by atoms with Crippen LogP contribution in [-0.2, 0) is 4.74 Å². The lowest BCUT2D eigenvalue weighted by Gasteiger charge is -2.11. The van der Waals surface area contributed by atoms with E-state index < -0.39 is 0 Å². The van der Waals surface area contributed by atoms with Crippen molar-refractivity contribution in [2.75, 3.05) is 13.2 Å². The molecule has 0 saturated carbocycles. The van der Waals surface area contributed by atoms with Gasteiger partial charge in [-0.2, -0.15) is 0 Å². The van der Waals surface area contributed by atoms with Crippen molar-refractivity contribution < 1.29 is 9.53 Å². The summed E-state index contributed by atoms with van der Waals surface area (Å²) in [6, 6.07) is 8.51. The fraction of sp³-hybridized carbons (Fsp3) is 0.438. The maximum Gasteiger partial charge on any atom is 0.167 e. The molecule has 0 N–H and O–H groups in total. The van der Waals surface area contributed by atoms with Gasteiger partial charge in [-0.15, -0.1) is 0 Å². The first-order chi connectivity index (χ1) is 9.18. The molecule has 3 nitrogen and oxygen atoms in total. The first-order valence-corrected chi connectivity index (χ1v) is 6.90. The quantitative estimate of drug-likeness (QED) is 0.789. The zero-order chi connectivity index (χ0) is 13.4. The molecule has 0 spiro atoms. The number of ether oxygens (including phenoxy) is 1. The second kappa shape index (κ2) is 4.82. The van der Waals surface area contributed by atoms with Gasteiger partial charge >= 0.3 is 0 Å². The molecule has 100 valence electrons. The van der Waals surface area contributed by atoms with Crippen molar-refractivity contribution in [3.63, 3.8) is 0 Å². The van der Waals surface area contributed by atoms with E-state index in [1.165, 1.54) is 0 Å². The standard InChI is InChI=1S/C16H19NO2/c1-11(2)16(18)14-9-17(12-7-8-19-10-12)15-6-4-3-5-13(14)15/h3-6,9,11-12H,7-8,10H2,1-2H3/t12-/m0/s1. The summed E-state index contributed by atoms with van der Waals surface area (Å²) in [6.07, 6.45) is 3.04. The average molecular weight is 257 g/mol. The summed E-state index contributed by atoms with van der Waals surface area (Å²) in [6.45, 7) is 5.46. The monoisotopic (exact) mass is 257 g/mol. The molecule has 0 amide bonds. The van der Waals surface area contributed by atoms with E-state index >= 15 is 0 Å². The van der Waals surface area contributed by atoms with Crippen molar-refractivity contribution in [2.24, 2.45) is 5.92 Å². The van der Waals surface area contributed by atoms with Crippen LogP contribution in [0, 0.1) is 5.92 Å². The Morgan fingerprint density at radius 2 is 2.16 bits per heavy atom. The van der Waals surface area contributed by atoms with E-state index in [1.807, 2.05) is 38.2 Å². The number of ketones is 1. The predicted octanol–water partition coefficient (Wildman–Crippen LogP) is 3.44. The van der Waals surface area contributed by atoms with E-state index in [0.717, 1.165) is 36.1 Å². The molecule has 1 fully saturated rings. The number of fused-ring (bicyclic) bond motifs is 1. The molecule has 0 unspecified atom stereocenters. The van der Waals surface area contributed by atoms with Gasteiger partial charge in [-0.3, -0.25) is 4.79 Å². The third-order valence-corrected chi connectivity index (χ3v) is 3.83. The smallest absolute Gasteiger partial charge is 0.167 e. The normalized spacial score (nSPS) is 19.4. The molecule has 3 heteroatoms. The van der Waals surface area contributed by atoms with Gasteiger partial charge in [-0.1, -0.05) is 32.0 Å². The summed E-state index contributed by atoms with van der Waals surface area (Å²) in [5, 5.41) is 1.06. The summed E-state index contributed by atoms with van der Waals surface area (Å²) in [5.74, 6) is 0.243. The topological polar surface area (TPSA) is 31.2 Å². The van der Waals surface area contributed by atoms with Crippen LogP contribution < -0.4 is 0 Å². The molecule has 0 aliphatic carbocycles. The van der Waals surface area contributed by atoms with E-state index in [-0.39, 0.29) is 11.7 Å². The minimum Gasteiger partial charge on any atom is -0.379 e. The fourth-order valence-corrected chi connectivity index (χ4v) is 2.76.